The van der Waals surface area contributed by atoms with Gasteiger partial charge in [-0.2, -0.15) is 0 Å². The highest BCUT2D eigenvalue weighted by molar-refractivity contribution is 5.80. The Kier molecular flexibility index (Phi) is 3.39. The first-order chi connectivity index (χ1) is 10.1. The van der Waals surface area contributed by atoms with Crippen LogP contribution in [0.3, 0.4) is 0 Å². The lowest BCUT2D eigenvalue weighted by atomic mass is 10.1. The van der Waals surface area contributed by atoms with Gasteiger partial charge in [0, 0.05) is 24.4 Å². The first kappa shape index (κ1) is 13.3. The number of halogens is 1. The van der Waals surface area contributed by atoms with Crippen molar-refractivity contribution >= 4 is 16.6 Å². The predicted octanol–water partition coefficient (Wildman–Crippen LogP) is 3.93. The highest BCUT2D eigenvalue weighted by atomic mass is 19.1. The van der Waals surface area contributed by atoms with Gasteiger partial charge < -0.3 is 4.57 Å². The quantitative estimate of drug-likeness (QED) is 0.538. The Morgan fingerprint density at radius 1 is 1.14 bits per heavy atom. The number of nitro benzene ring substituents is 1. The summed E-state index contributed by atoms with van der Waals surface area (Å²) in [6, 6.07) is 13.2. The number of rotatable bonds is 4. The number of aryl methyl sites for hydroxylation is 2. The van der Waals surface area contributed by atoms with Crippen LogP contribution in [0.4, 0.5) is 10.1 Å². The first-order valence-electron chi connectivity index (χ1n) is 6.62. The average molecular weight is 284 g/mol. The molecule has 3 aromatic rings. The van der Waals surface area contributed by atoms with Crippen molar-refractivity contribution in [3.05, 3.63) is 76.2 Å². The zero-order valence-electron chi connectivity index (χ0n) is 11.2. The second-order valence-corrected chi connectivity index (χ2v) is 4.85. The molecule has 1 heterocycles. The van der Waals surface area contributed by atoms with Gasteiger partial charge in [0.1, 0.15) is 5.82 Å². The van der Waals surface area contributed by atoms with Crippen LogP contribution >= 0.6 is 0 Å². The van der Waals surface area contributed by atoms with Gasteiger partial charge in [0.2, 0.25) is 0 Å². The molecule has 0 fully saturated rings. The van der Waals surface area contributed by atoms with E-state index in [9.17, 15) is 14.5 Å². The number of para-hydroxylation sites is 1. The van der Waals surface area contributed by atoms with Crippen LogP contribution in [0.15, 0.2) is 54.7 Å². The van der Waals surface area contributed by atoms with Crippen molar-refractivity contribution in [3.63, 3.8) is 0 Å². The number of fused-ring (bicyclic) bond motifs is 1. The Hall–Kier alpha value is -2.69. The standard InChI is InChI=1S/C16H13FN2O2/c17-14-6-5-13-8-10-18(16(13)11-14)9-7-12-3-1-2-4-15(12)19(20)21/h1-6,8,10-11H,7,9H2. The van der Waals surface area contributed by atoms with E-state index in [1.165, 1.54) is 18.2 Å². The third kappa shape index (κ3) is 2.63. The predicted molar refractivity (Wildman–Crippen MR) is 78.7 cm³/mol. The molecule has 0 N–H and O–H groups in total. The molecule has 5 heteroatoms. The summed E-state index contributed by atoms with van der Waals surface area (Å²) in [5, 5.41) is 11.9. The fraction of sp³-hybridized carbons (Fsp3) is 0.125. The van der Waals surface area contributed by atoms with Gasteiger partial charge in [0.25, 0.3) is 5.69 Å². The van der Waals surface area contributed by atoms with Crippen LogP contribution < -0.4 is 0 Å². The van der Waals surface area contributed by atoms with Crippen LogP contribution in [0.2, 0.25) is 0 Å². The molecule has 0 amide bonds. The van der Waals surface area contributed by atoms with E-state index in [-0.39, 0.29) is 16.4 Å². The minimum atomic E-state index is -0.372. The van der Waals surface area contributed by atoms with E-state index in [1.54, 1.807) is 24.3 Å². The molecule has 21 heavy (non-hydrogen) atoms. The topological polar surface area (TPSA) is 48.1 Å². The summed E-state index contributed by atoms with van der Waals surface area (Å²) >= 11 is 0. The average Bonchev–Trinajstić information content (AvgIpc) is 2.87. The third-order valence-corrected chi connectivity index (χ3v) is 3.55. The lowest BCUT2D eigenvalue weighted by molar-refractivity contribution is -0.385. The van der Waals surface area contributed by atoms with Crippen LogP contribution in [-0.4, -0.2) is 9.49 Å². The molecule has 0 spiro atoms. The highest BCUT2D eigenvalue weighted by Gasteiger charge is 2.12. The SMILES string of the molecule is O=[N+]([O-])c1ccccc1CCn1ccc2ccc(F)cc21. The zero-order chi connectivity index (χ0) is 14.8. The summed E-state index contributed by atoms with van der Waals surface area (Å²) in [4.78, 5) is 10.6. The van der Waals surface area contributed by atoms with Gasteiger partial charge in [-0.3, -0.25) is 10.1 Å². The summed E-state index contributed by atoms with van der Waals surface area (Å²) in [6.07, 6.45) is 2.40. The van der Waals surface area contributed by atoms with Crippen molar-refractivity contribution in [1.82, 2.24) is 4.57 Å². The van der Waals surface area contributed by atoms with Crippen molar-refractivity contribution < 1.29 is 9.31 Å². The van der Waals surface area contributed by atoms with Crippen molar-refractivity contribution in [1.29, 1.82) is 0 Å². The molecule has 1 aromatic heterocycles. The molecule has 0 aliphatic rings. The maximum absolute atomic E-state index is 13.3. The number of nitrogens with zero attached hydrogens (tertiary/aromatic N) is 2. The molecule has 2 aromatic carbocycles. The van der Waals surface area contributed by atoms with E-state index in [0.29, 0.717) is 18.5 Å². The van der Waals surface area contributed by atoms with Crippen molar-refractivity contribution in [2.75, 3.05) is 0 Å². The normalized spacial score (nSPS) is 10.9. The van der Waals surface area contributed by atoms with E-state index in [0.717, 1.165) is 10.9 Å². The molecule has 0 atom stereocenters. The minimum Gasteiger partial charge on any atom is -0.347 e. The monoisotopic (exact) mass is 284 g/mol. The van der Waals surface area contributed by atoms with E-state index in [1.807, 2.05) is 16.8 Å². The minimum absolute atomic E-state index is 0.125. The summed E-state index contributed by atoms with van der Waals surface area (Å²) in [7, 11) is 0. The summed E-state index contributed by atoms with van der Waals surface area (Å²) in [6.45, 7) is 0.567. The van der Waals surface area contributed by atoms with Gasteiger partial charge in [-0.25, -0.2) is 4.39 Å². The Bertz CT molecular complexity index is 811. The Morgan fingerprint density at radius 2 is 1.95 bits per heavy atom. The molecule has 0 aliphatic carbocycles. The van der Waals surface area contributed by atoms with Gasteiger partial charge in [0.15, 0.2) is 0 Å². The fourth-order valence-electron chi connectivity index (χ4n) is 2.49. The summed E-state index contributed by atoms with van der Waals surface area (Å²) in [5.41, 5.74) is 1.61. The molecule has 3 rings (SSSR count). The number of hydrogen-bond donors (Lipinski definition) is 0. The third-order valence-electron chi connectivity index (χ3n) is 3.55. The van der Waals surface area contributed by atoms with Gasteiger partial charge in [-0.15, -0.1) is 0 Å². The molecule has 0 unspecified atom stereocenters. The lowest BCUT2D eigenvalue weighted by Gasteiger charge is -2.06. The molecule has 0 saturated carbocycles. The number of hydrogen-bond acceptors (Lipinski definition) is 2. The Morgan fingerprint density at radius 3 is 2.76 bits per heavy atom. The second-order valence-electron chi connectivity index (χ2n) is 4.85. The van der Waals surface area contributed by atoms with Crippen molar-refractivity contribution in [2.45, 2.75) is 13.0 Å². The maximum Gasteiger partial charge on any atom is 0.272 e. The molecule has 0 bridgehead atoms. The van der Waals surface area contributed by atoms with Crippen LogP contribution in [0.5, 0.6) is 0 Å². The first-order valence-corrected chi connectivity index (χ1v) is 6.62. The van der Waals surface area contributed by atoms with Gasteiger partial charge in [-0.1, -0.05) is 18.2 Å². The van der Waals surface area contributed by atoms with Crippen LogP contribution in [0, 0.1) is 15.9 Å². The maximum atomic E-state index is 13.3. The fourth-order valence-corrected chi connectivity index (χ4v) is 2.49. The summed E-state index contributed by atoms with van der Waals surface area (Å²) < 4.78 is 15.2. The Balaban J connectivity index is 1.87. The molecule has 0 radical (unpaired) electrons. The van der Waals surface area contributed by atoms with Crippen molar-refractivity contribution in [2.24, 2.45) is 0 Å². The van der Waals surface area contributed by atoms with Gasteiger partial charge in [0.05, 0.1) is 10.4 Å². The zero-order valence-corrected chi connectivity index (χ0v) is 11.2. The van der Waals surface area contributed by atoms with E-state index < -0.39 is 0 Å². The largest absolute Gasteiger partial charge is 0.347 e. The number of nitro groups is 1. The van der Waals surface area contributed by atoms with Gasteiger partial charge >= 0.3 is 0 Å². The van der Waals surface area contributed by atoms with E-state index >= 15 is 0 Å². The molecule has 0 saturated heterocycles. The highest BCUT2D eigenvalue weighted by Crippen LogP contribution is 2.21. The number of benzene rings is 2. The molecular weight excluding hydrogens is 271 g/mol. The molecule has 106 valence electrons. The molecular formula is C16H13FN2O2. The van der Waals surface area contributed by atoms with Crippen LogP contribution in [0.25, 0.3) is 10.9 Å². The van der Waals surface area contributed by atoms with Gasteiger partial charge in [-0.05, 0) is 36.1 Å². The second kappa shape index (κ2) is 5.36. The van der Waals surface area contributed by atoms with E-state index in [4.69, 9.17) is 0 Å². The smallest absolute Gasteiger partial charge is 0.272 e. The Labute approximate surface area is 120 Å². The lowest BCUT2D eigenvalue weighted by Crippen LogP contribution is -2.02. The number of aromatic nitrogens is 1. The summed E-state index contributed by atoms with van der Waals surface area (Å²) in [5.74, 6) is -0.284. The van der Waals surface area contributed by atoms with Crippen molar-refractivity contribution in [3.8, 4) is 0 Å². The molecule has 4 nitrogen and oxygen atoms in total. The molecule has 0 aliphatic heterocycles. The van der Waals surface area contributed by atoms with Crippen LogP contribution in [-0.2, 0) is 13.0 Å². The van der Waals surface area contributed by atoms with E-state index in [2.05, 4.69) is 0 Å². The van der Waals surface area contributed by atoms with Crippen LogP contribution in [0.1, 0.15) is 5.56 Å².